The molecule has 2 aromatic rings. The van der Waals surface area contributed by atoms with Crippen molar-refractivity contribution in [2.75, 3.05) is 6.54 Å². The SMILES string of the molecule is CCC(CNC(=O)C(NC(=O)c1ccco1)C(C)C)(C(=O)O)c1ccccc1. The molecule has 0 aliphatic carbocycles. The van der Waals surface area contributed by atoms with E-state index < -0.39 is 29.2 Å². The predicted molar refractivity (Wildman–Crippen MR) is 104 cm³/mol. The van der Waals surface area contributed by atoms with Gasteiger partial charge in [-0.3, -0.25) is 14.4 Å². The van der Waals surface area contributed by atoms with E-state index in [-0.39, 0.29) is 18.2 Å². The van der Waals surface area contributed by atoms with Crippen LogP contribution in [0.5, 0.6) is 0 Å². The Morgan fingerprint density at radius 1 is 1.11 bits per heavy atom. The molecule has 1 aromatic heterocycles. The van der Waals surface area contributed by atoms with Crippen molar-refractivity contribution in [3.8, 4) is 0 Å². The molecule has 1 aromatic carbocycles. The van der Waals surface area contributed by atoms with Gasteiger partial charge in [0.05, 0.1) is 6.26 Å². The summed E-state index contributed by atoms with van der Waals surface area (Å²) < 4.78 is 5.06. The summed E-state index contributed by atoms with van der Waals surface area (Å²) in [4.78, 5) is 37.1. The molecule has 0 spiro atoms. The molecule has 2 unspecified atom stereocenters. The zero-order valence-corrected chi connectivity index (χ0v) is 16.3. The monoisotopic (exact) mass is 386 g/mol. The topological polar surface area (TPSA) is 109 Å². The van der Waals surface area contributed by atoms with Crippen LogP contribution in [-0.2, 0) is 15.0 Å². The second-order valence-corrected chi connectivity index (χ2v) is 7.00. The van der Waals surface area contributed by atoms with E-state index in [1.807, 2.05) is 6.07 Å². The molecule has 2 rings (SSSR count). The molecule has 0 radical (unpaired) electrons. The molecule has 0 bridgehead atoms. The van der Waals surface area contributed by atoms with E-state index >= 15 is 0 Å². The Hall–Kier alpha value is -3.09. The molecule has 7 heteroatoms. The third-order valence-corrected chi connectivity index (χ3v) is 4.88. The maximum Gasteiger partial charge on any atom is 0.315 e. The van der Waals surface area contributed by atoms with Gasteiger partial charge in [0.2, 0.25) is 5.91 Å². The third-order valence-electron chi connectivity index (χ3n) is 4.88. The van der Waals surface area contributed by atoms with Gasteiger partial charge in [0.15, 0.2) is 5.76 Å². The zero-order valence-electron chi connectivity index (χ0n) is 16.3. The molecule has 2 atom stereocenters. The van der Waals surface area contributed by atoms with Crippen molar-refractivity contribution in [3.63, 3.8) is 0 Å². The van der Waals surface area contributed by atoms with E-state index in [1.165, 1.54) is 12.3 Å². The van der Waals surface area contributed by atoms with Gasteiger partial charge in [-0.1, -0.05) is 51.1 Å². The minimum absolute atomic E-state index is 0.0818. The quantitative estimate of drug-likeness (QED) is 0.614. The third kappa shape index (κ3) is 4.60. The number of hydrogen-bond acceptors (Lipinski definition) is 4. The number of nitrogens with one attached hydrogen (secondary N) is 2. The van der Waals surface area contributed by atoms with Crippen molar-refractivity contribution in [2.24, 2.45) is 5.92 Å². The number of carbonyl (C=O) groups is 3. The Kier molecular flexibility index (Phi) is 6.98. The molecule has 1 heterocycles. The van der Waals surface area contributed by atoms with E-state index in [0.717, 1.165) is 0 Å². The summed E-state index contributed by atoms with van der Waals surface area (Å²) in [6, 6.07) is 11.1. The highest BCUT2D eigenvalue weighted by Gasteiger charge is 2.39. The number of carboxylic acids is 1. The zero-order chi connectivity index (χ0) is 20.7. The second-order valence-electron chi connectivity index (χ2n) is 7.00. The molecule has 28 heavy (non-hydrogen) atoms. The fourth-order valence-corrected chi connectivity index (χ4v) is 3.04. The average molecular weight is 386 g/mol. The van der Waals surface area contributed by atoms with Crippen LogP contribution in [0.4, 0.5) is 0 Å². The van der Waals surface area contributed by atoms with Gasteiger partial charge in [-0.25, -0.2) is 0 Å². The van der Waals surface area contributed by atoms with Crippen LogP contribution in [-0.4, -0.2) is 35.5 Å². The average Bonchev–Trinajstić information content (AvgIpc) is 3.22. The van der Waals surface area contributed by atoms with E-state index in [0.29, 0.717) is 12.0 Å². The van der Waals surface area contributed by atoms with E-state index in [4.69, 9.17) is 4.42 Å². The van der Waals surface area contributed by atoms with Gasteiger partial charge >= 0.3 is 5.97 Å². The molecule has 150 valence electrons. The summed E-state index contributed by atoms with van der Waals surface area (Å²) in [6.45, 7) is 5.29. The van der Waals surface area contributed by atoms with Crippen LogP contribution in [0.3, 0.4) is 0 Å². The first-order chi connectivity index (χ1) is 13.3. The minimum atomic E-state index is -1.25. The fraction of sp³-hybridized carbons (Fsp3) is 0.381. The molecule has 0 saturated carbocycles. The predicted octanol–water partition coefficient (Wildman–Crippen LogP) is 2.58. The van der Waals surface area contributed by atoms with Crippen molar-refractivity contribution in [2.45, 2.75) is 38.6 Å². The van der Waals surface area contributed by atoms with Gasteiger partial charge in [0.25, 0.3) is 5.91 Å². The lowest BCUT2D eigenvalue weighted by atomic mass is 9.78. The Labute approximate surface area is 164 Å². The Bertz CT molecular complexity index is 801. The summed E-state index contributed by atoms with van der Waals surface area (Å²) in [7, 11) is 0. The van der Waals surface area contributed by atoms with Crippen molar-refractivity contribution in [3.05, 3.63) is 60.1 Å². The van der Waals surface area contributed by atoms with Crippen molar-refractivity contribution in [1.29, 1.82) is 0 Å². The molecule has 0 aliphatic heterocycles. The molecule has 2 amide bonds. The number of carboxylic acid groups (broad SMARTS) is 1. The molecule has 0 saturated heterocycles. The van der Waals surface area contributed by atoms with Crippen LogP contribution < -0.4 is 10.6 Å². The van der Waals surface area contributed by atoms with Crippen LogP contribution in [0.15, 0.2) is 53.1 Å². The number of carbonyl (C=O) groups excluding carboxylic acids is 2. The summed E-state index contributed by atoms with van der Waals surface area (Å²) in [6.07, 6.45) is 1.68. The summed E-state index contributed by atoms with van der Waals surface area (Å²) in [5.74, 6) is -2.04. The highest BCUT2D eigenvalue weighted by molar-refractivity contribution is 5.95. The van der Waals surface area contributed by atoms with Crippen LogP contribution >= 0.6 is 0 Å². The number of amides is 2. The van der Waals surface area contributed by atoms with Crippen molar-refractivity contribution < 1.29 is 23.9 Å². The number of benzene rings is 1. The Morgan fingerprint density at radius 2 is 1.79 bits per heavy atom. The summed E-state index contributed by atoms with van der Waals surface area (Å²) >= 11 is 0. The standard InChI is InChI=1S/C21H26N2O5/c1-4-21(20(26)27,15-9-6-5-7-10-15)13-22-19(25)17(14(2)3)23-18(24)16-11-8-12-28-16/h5-12,14,17H,4,13H2,1-3H3,(H,22,25)(H,23,24)(H,26,27). The number of furan rings is 1. The van der Waals surface area contributed by atoms with Crippen molar-refractivity contribution >= 4 is 17.8 Å². The van der Waals surface area contributed by atoms with Gasteiger partial charge in [0.1, 0.15) is 11.5 Å². The number of aliphatic carboxylic acids is 1. The van der Waals surface area contributed by atoms with Gasteiger partial charge in [0, 0.05) is 6.54 Å². The molecule has 3 N–H and O–H groups in total. The summed E-state index contributed by atoms with van der Waals surface area (Å²) in [5.41, 5.74) is -0.630. The van der Waals surface area contributed by atoms with Gasteiger partial charge < -0.3 is 20.2 Å². The van der Waals surface area contributed by atoms with E-state index in [1.54, 1.807) is 51.1 Å². The lowest BCUT2D eigenvalue weighted by Gasteiger charge is -2.30. The normalized spacial score (nSPS) is 14.1. The fourth-order valence-electron chi connectivity index (χ4n) is 3.04. The molecule has 7 nitrogen and oxygen atoms in total. The number of rotatable bonds is 9. The van der Waals surface area contributed by atoms with Gasteiger partial charge in [-0.2, -0.15) is 0 Å². The van der Waals surface area contributed by atoms with Crippen LogP contribution in [0, 0.1) is 5.92 Å². The first kappa shape index (κ1) is 21.2. The lowest BCUT2D eigenvalue weighted by Crippen LogP contribution is -2.53. The lowest BCUT2D eigenvalue weighted by molar-refractivity contribution is -0.144. The highest BCUT2D eigenvalue weighted by atomic mass is 16.4. The molecule has 0 aliphatic rings. The molecule has 0 fully saturated rings. The van der Waals surface area contributed by atoms with E-state index in [9.17, 15) is 19.5 Å². The Balaban J connectivity index is 2.15. The second kappa shape index (κ2) is 9.21. The maximum atomic E-state index is 12.8. The number of hydrogen-bond donors (Lipinski definition) is 3. The van der Waals surface area contributed by atoms with E-state index in [2.05, 4.69) is 10.6 Å². The molecular formula is C21H26N2O5. The van der Waals surface area contributed by atoms with Crippen molar-refractivity contribution in [1.82, 2.24) is 10.6 Å². The first-order valence-electron chi connectivity index (χ1n) is 9.22. The van der Waals surface area contributed by atoms with Crippen LogP contribution in [0.1, 0.15) is 43.3 Å². The Morgan fingerprint density at radius 3 is 2.29 bits per heavy atom. The first-order valence-corrected chi connectivity index (χ1v) is 9.22. The maximum absolute atomic E-state index is 12.8. The largest absolute Gasteiger partial charge is 0.481 e. The smallest absolute Gasteiger partial charge is 0.315 e. The highest BCUT2D eigenvalue weighted by Crippen LogP contribution is 2.28. The molecular weight excluding hydrogens is 360 g/mol. The van der Waals surface area contributed by atoms with Crippen LogP contribution in [0.2, 0.25) is 0 Å². The van der Waals surface area contributed by atoms with Gasteiger partial charge in [-0.15, -0.1) is 0 Å². The summed E-state index contributed by atoms with van der Waals surface area (Å²) in [5, 5.41) is 15.2. The van der Waals surface area contributed by atoms with Gasteiger partial charge in [-0.05, 0) is 30.0 Å². The minimum Gasteiger partial charge on any atom is -0.481 e. The van der Waals surface area contributed by atoms with Crippen LogP contribution in [0.25, 0.3) is 0 Å².